The first-order chi connectivity index (χ1) is 9.22. The van der Waals surface area contributed by atoms with E-state index in [4.69, 9.17) is 14.2 Å². The largest absolute Gasteiger partial charge is 0.380 e. The number of carbonyl (C=O) groups is 1. The molecule has 3 heterocycles. The van der Waals surface area contributed by atoms with E-state index in [1.807, 2.05) is 0 Å². The lowest BCUT2D eigenvalue weighted by atomic mass is 9.81. The third-order valence-corrected chi connectivity index (χ3v) is 4.73. The highest BCUT2D eigenvalue weighted by Gasteiger charge is 2.44. The summed E-state index contributed by atoms with van der Waals surface area (Å²) in [5.41, 5.74) is -0.183. The topological polar surface area (TPSA) is 56.8 Å². The molecule has 0 aliphatic carbocycles. The molecule has 1 spiro atoms. The van der Waals surface area contributed by atoms with Crippen LogP contribution in [0.5, 0.6) is 0 Å². The Hall–Kier alpha value is -0.490. The van der Waals surface area contributed by atoms with Crippen molar-refractivity contribution in [2.75, 3.05) is 33.5 Å². The van der Waals surface area contributed by atoms with Crippen LogP contribution in [0, 0.1) is 5.92 Å². The van der Waals surface area contributed by atoms with Gasteiger partial charge in [-0.2, -0.15) is 0 Å². The second-order valence-corrected chi connectivity index (χ2v) is 5.98. The van der Waals surface area contributed by atoms with Crippen LogP contribution in [0.4, 0.5) is 0 Å². The van der Waals surface area contributed by atoms with Crippen molar-refractivity contribution < 1.29 is 19.0 Å². The van der Waals surface area contributed by atoms with Gasteiger partial charge in [-0.3, -0.25) is 4.79 Å². The van der Waals surface area contributed by atoms with Gasteiger partial charge in [0, 0.05) is 39.2 Å². The van der Waals surface area contributed by atoms with E-state index in [9.17, 15) is 4.79 Å². The van der Waals surface area contributed by atoms with Crippen LogP contribution in [0.1, 0.15) is 25.7 Å². The lowest BCUT2D eigenvalue weighted by Crippen LogP contribution is -2.46. The molecule has 3 rings (SSSR count). The Labute approximate surface area is 114 Å². The predicted molar refractivity (Wildman–Crippen MR) is 69.1 cm³/mol. The highest BCUT2D eigenvalue weighted by atomic mass is 16.6. The van der Waals surface area contributed by atoms with E-state index < -0.39 is 0 Å². The minimum Gasteiger partial charge on any atom is -0.380 e. The van der Waals surface area contributed by atoms with Crippen molar-refractivity contribution in [2.24, 2.45) is 5.92 Å². The number of hydrogen-bond acceptors (Lipinski definition) is 5. The van der Waals surface area contributed by atoms with Gasteiger partial charge in [-0.25, -0.2) is 0 Å². The SMILES string of the molecule is COC1CNC(C(=O)C2CCOC3(CCOC3)C2)C1. The lowest BCUT2D eigenvalue weighted by Gasteiger charge is -2.37. The van der Waals surface area contributed by atoms with Crippen LogP contribution in [0.15, 0.2) is 0 Å². The average Bonchev–Trinajstić information content (AvgIpc) is 3.07. The fourth-order valence-electron chi connectivity index (χ4n) is 3.52. The Morgan fingerprint density at radius 1 is 1.42 bits per heavy atom. The Kier molecular flexibility index (Phi) is 3.89. The molecule has 5 nitrogen and oxygen atoms in total. The smallest absolute Gasteiger partial charge is 0.153 e. The normalized spacial score (nSPS) is 42.9. The molecule has 0 saturated carbocycles. The van der Waals surface area contributed by atoms with E-state index in [1.165, 1.54) is 0 Å². The molecular formula is C14H23NO4. The van der Waals surface area contributed by atoms with Crippen molar-refractivity contribution in [3.63, 3.8) is 0 Å². The van der Waals surface area contributed by atoms with Crippen LogP contribution >= 0.6 is 0 Å². The highest BCUT2D eigenvalue weighted by Crippen LogP contribution is 2.37. The molecule has 0 aromatic carbocycles. The van der Waals surface area contributed by atoms with E-state index >= 15 is 0 Å². The Balaban J connectivity index is 1.60. The van der Waals surface area contributed by atoms with Crippen LogP contribution in [-0.4, -0.2) is 57.0 Å². The van der Waals surface area contributed by atoms with Gasteiger partial charge in [0.25, 0.3) is 0 Å². The summed E-state index contributed by atoms with van der Waals surface area (Å²) in [6.07, 6.45) is 3.57. The molecule has 108 valence electrons. The molecule has 0 aromatic heterocycles. The summed E-state index contributed by atoms with van der Waals surface area (Å²) in [6.45, 7) is 2.87. The van der Waals surface area contributed by atoms with Gasteiger partial charge in [0.2, 0.25) is 0 Å². The molecule has 5 heteroatoms. The first-order valence-corrected chi connectivity index (χ1v) is 7.24. The molecule has 0 bridgehead atoms. The quantitative estimate of drug-likeness (QED) is 0.809. The molecule has 4 atom stereocenters. The summed E-state index contributed by atoms with van der Waals surface area (Å²) in [5, 5.41) is 3.29. The first kappa shape index (κ1) is 13.5. The first-order valence-electron chi connectivity index (χ1n) is 7.24. The lowest BCUT2D eigenvalue weighted by molar-refractivity contribution is -0.138. The molecule has 19 heavy (non-hydrogen) atoms. The van der Waals surface area contributed by atoms with Gasteiger partial charge in [0.05, 0.1) is 24.4 Å². The van der Waals surface area contributed by atoms with Crippen molar-refractivity contribution in [3.05, 3.63) is 0 Å². The maximum Gasteiger partial charge on any atom is 0.153 e. The van der Waals surface area contributed by atoms with E-state index in [2.05, 4.69) is 5.32 Å². The molecule has 3 aliphatic heterocycles. The van der Waals surface area contributed by atoms with Crippen molar-refractivity contribution in [1.29, 1.82) is 0 Å². The number of ether oxygens (including phenoxy) is 3. The molecule has 4 unspecified atom stereocenters. The number of carbonyl (C=O) groups excluding carboxylic acids is 1. The third kappa shape index (κ3) is 2.70. The number of ketones is 1. The number of nitrogens with one attached hydrogen (secondary N) is 1. The summed E-state index contributed by atoms with van der Waals surface area (Å²) < 4.78 is 16.7. The second-order valence-electron chi connectivity index (χ2n) is 5.98. The molecule has 0 aromatic rings. The van der Waals surface area contributed by atoms with E-state index in [0.29, 0.717) is 19.0 Å². The Morgan fingerprint density at radius 2 is 2.32 bits per heavy atom. The molecule has 3 saturated heterocycles. The van der Waals surface area contributed by atoms with Crippen LogP contribution in [0.2, 0.25) is 0 Å². The molecule has 1 N–H and O–H groups in total. The molecular weight excluding hydrogens is 246 g/mol. The summed E-state index contributed by atoms with van der Waals surface area (Å²) >= 11 is 0. The number of hydrogen-bond donors (Lipinski definition) is 1. The predicted octanol–water partition coefficient (Wildman–Crippen LogP) is 0.518. The summed E-state index contributed by atoms with van der Waals surface area (Å²) in [5.74, 6) is 0.456. The third-order valence-electron chi connectivity index (χ3n) is 4.73. The van der Waals surface area contributed by atoms with Crippen LogP contribution in [-0.2, 0) is 19.0 Å². The minimum atomic E-state index is -0.183. The van der Waals surface area contributed by atoms with Gasteiger partial charge in [0.15, 0.2) is 5.78 Å². The standard InChI is InChI=1S/C14H23NO4/c1-17-11-6-12(15-8-11)13(16)10-2-4-19-14(7-10)3-5-18-9-14/h10-12,15H,2-9H2,1H3. The summed E-state index contributed by atoms with van der Waals surface area (Å²) in [4.78, 5) is 12.6. The molecule has 0 amide bonds. The van der Waals surface area contributed by atoms with E-state index in [0.717, 1.165) is 38.8 Å². The van der Waals surface area contributed by atoms with Gasteiger partial charge in [0.1, 0.15) is 0 Å². The Morgan fingerprint density at radius 3 is 3.00 bits per heavy atom. The maximum atomic E-state index is 12.6. The van der Waals surface area contributed by atoms with Crippen LogP contribution in [0.3, 0.4) is 0 Å². The minimum absolute atomic E-state index is 0.0348. The second kappa shape index (κ2) is 5.48. The molecule has 3 fully saturated rings. The zero-order chi connectivity index (χ0) is 13.3. The van der Waals surface area contributed by atoms with Gasteiger partial charge in [-0.05, 0) is 19.3 Å². The fourth-order valence-corrected chi connectivity index (χ4v) is 3.52. The molecule has 3 aliphatic rings. The summed E-state index contributed by atoms with van der Waals surface area (Å²) in [7, 11) is 1.71. The van der Waals surface area contributed by atoms with Crippen molar-refractivity contribution in [3.8, 4) is 0 Å². The number of Topliss-reactive ketones (excluding diaryl/α,β-unsaturated/α-hetero) is 1. The summed E-state index contributed by atoms with van der Waals surface area (Å²) in [6, 6.07) is -0.0348. The number of rotatable bonds is 3. The van der Waals surface area contributed by atoms with E-state index in [1.54, 1.807) is 7.11 Å². The van der Waals surface area contributed by atoms with Crippen molar-refractivity contribution in [1.82, 2.24) is 5.32 Å². The Bertz CT molecular complexity index is 340. The number of methoxy groups -OCH3 is 1. The van der Waals surface area contributed by atoms with E-state index in [-0.39, 0.29) is 23.7 Å². The zero-order valence-corrected chi connectivity index (χ0v) is 11.5. The van der Waals surface area contributed by atoms with Crippen molar-refractivity contribution in [2.45, 2.75) is 43.4 Å². The van der Waals surface area contributed by atoms with Gasteiger partial charge >= 0.3 is 0 Å². The molecule has 0 radical (unpaired) electrons. The maximum absolute atomic E-state index is 12.6. The average molecular weight is 269 g/mol. The van der Waals surface area contributed by atoms with Crippen molar-refractivity contribution >= 4 is 5.78 Å². The van der Waals surface area contributed by atoms with Crippen LogP contribution < -0.4 is 5.32 Å². The monoisotopic (exact) mass is 269 g/mol. The fraction of sp³-hybridized carbons (Fsp3) is 0.929. The zero-order valence-electron chi connectivity index (χ0n) is 11.5. The highest BCUT2D eigenvalue weighted by molar-refractivity contribution is 5.86. The van der Waals surface area contributed by atoms with Crippen LogP contribution in [0.25, 0.3) is 0 Å². The van der Waals surface area contributed by atoms with Gasteiger partial charge < -0.3 is 19.5 Å². The van der Waals surface area contributed by atoms with Gasteiger partial charge in [-0.1, -0.05) is 0 Å². The van der Waals surface area contributed by atoms with Gasteiger partial charge in [-0.15, -0.1) is 0 Å².